The molecule has 2 rings (SSSR count). The molecule has 0 saturated heterocycles. The summed E-state index contributed by atoms with van der Waals surface area (Å²) < 4.78 is 1.20. The van der Waals surface area contributed by atoms with Crippen LogP contribution in [0.25, 0.3) is 0 Å². The number of nitrogens with one attached hydrogen (secondary N) is 1. The van der Waals surface area contributed by atoms with Crippen molar-refractivity contribution in [1.29, 1.82) is 0 Å². The van der Waals surface area contributed by atoms with Crippen LogP contribution in [0, 0.1) is 16.0 Å². The maximum absolute atomic E-state index is 12.1. The first kappa shape index (κ1) is 17.1. The number of benzene rings is 1. The predicted molar refractivity (Wildman–Crippen MR) is 84.8 cm³/mol. The van der Waals surface area contributed by atoms with Crippen molar-refractivity contribution in [3.8, 4) is 0 Å². The lowest BCUT2D eigenvalue weighted by atomic mass is 10.0. The molecule has 2 aromatic rings. The second-order valence-electron chi connectivity index (χ2n) is 5.39. The molecule has 0 spiro atoms. The number of aromatic nitrogens is 2. The number of carbonyl (C=O) groups excluding carboxylic acids is 1. The Morgan fingerprint density at radius 3 is 2.54 bits per heavy atom. The van der Waals surface area contributed by atoms with E-state index >= 15 is 0 Å². The zero-order valence-electron chi connectivity index (χ0n) is 13.1. The summed E-state index contributed by atoms with van der Waals surface area (Å²) in [6, 6.07) is 6.61. The number of aryl methyl sites for hydroxylation is 1. The molecule has 0 aliphatic heterocycles. The number of carboxylic acids is 1. The number of anilines is 1. The quantitative estimate of drug-likeness (QED) is 0.614. The topological polar surface area (TPSA) is 127 Å². The zero-order chi connectivity index (χ0) is 17.9. The molecule has 9 heteroatoms. The first-order valence-corrected chi connectivity index (χ1v) is 7.09. The smallest absolute Gasteiger partial charge is 0.320 e. The summed E-state index contributed by atoms with van der Waals surface area (Å²) in [5.74, 6) is -2.08. The largest absolute Gasteiger partial charge is 0.481 e. The lowest BCUT2D eigenvalue weighted by molar-refractivity contribution is -0.385. The van der Waals surface area contributed by atoms with E-state index in [1.54, 1.807) is 31.2 Å². The number of nitro groups is 1. The minimum absolute atomic E-state index is 0.272. The minimum Gasteiger partial charge on any atom is -0.481 e. The summed E-state index contributed by atoms with van der Waals surface area (Å²) in [4.78, 5) is 33.2. The molecule has 0 aliphatic rings. The molecule has 126 valence electrons. The summed E-state index contributed by atoms with van der Waals surface area (Å²) in [5.41, 5.74) is 0.603. The van der Waals surface area contributed by atoms with Gasteiger partial charge in [0, 0.05) is 12.7 Å². The van der Waals surface area contributed by atoms with Gasteiger partial charge < -0.3 is 10.4 Å². The molecule has 9 nitrogen and oxygen atoms in total. The summed E-state index contributed by atoms with van der Waals surface area (Å²) in [6.45, 7) is 1.61. The molecule has 1 amide bonds. The SMILES string of the molecule is CC(Cc1ccc(NC(=O)c2nn(C)cc2[N+](=O)[O-])cc1)C(=O)O. The van der Waals surface area contributed by atoms with E-state index in [4.69, 9.17) is 5.11 Å². The molecule has 0 radical (unpaired) electrons. The van der Waals surface area contributed by atoms with E-state index in [0.29, 0.717) is 12.1 Å². The molecule has 1 aromatic heterocycles. The molecule has 1 aromatic carbocycles. The van der Waals surface area contributed by atoms with Gasteiger partial charge in [-0.05, 0) is 24.1 Å². The third kappa shape index (κ3) is 3.94. The van der Waals surface area contributed by atoms with Gasteiger partial charge in [0.15, 0.2) is 0 Å². The van der Waals surface area contributed by atoms with E-state index in [0.717, 1.165) is 11.8 Å². The van der Waals surface area contributed by atoms with Crippen molar-refractivity contribution in [3.05, 3.63) is 51.8 Å². The Balaban J connectivity index is 2.10. The van der Waals surface area contributed by atoms with Crippen LogP contribution in [0.15, 0.2) is 30.5 Å². The van der Waals surface area contributed by atoms with Crippen LogP contribution in [-0.4, -0.2) is 31.7 Å². The Hall–Kier alpha value is -3.23. The fourth-order valence-corrected chi connectivity index (χ4v) is 2.13. The number of amides is 1. The molecular weight excluding hydrogens is 316 g/mol. The third-order valence-corrected chi connectivity index (χ3v) is 3.40. The van der Waals surface area contributed by atoms with Gasteiger partial charge in [-0.25, -0.2) is 0 Å². The molecule has 1 heterocycles. The van der Waals surface area contributed by atoms with Gasteiger partial charge >= 0.3 is 11.7 Å². The summed E-state index contributed by atoms with van der Waals surface area (Å²) >= 11 is 0. The predicted octanol–water partition coefficient (Wildman–Crippen LogP) is 1.84. The molecule has 1 atom stereocenters. The van der Waals surface area contributed by atoms with Crippen LogP contribution in [0.1, 0.15) is 23.0 Å². The van der Waals surface area contributed by atoms with E-state index in [2.05, 4.69) is 10.4 Å². The van der Waals surface area contributed by atoms with E-state index in [1.165, 1.54) is 11.7 Å². The van der Waals surface area contributed by atoms with Crippen molar-refractivity contribution < 1.29 is 19.6 Å². The van der Waals surface area contributed by atoms with Crippen LogP contribution in [0.3, 0.4) is 0 Å². The summed E-state index contributed by atoms with van der Waals surface area (Å²) in [7, 11) is 1.49. The summed E-state index contributed by atoms with van der Waals surface area (Å²) in [5, 5.41) is 26.1. The zero-order valence-corrected chi connectivity index (χ0v) is 13.1. The normalized spacial score (nSPS) is 11.8. The fourth-order valence-electron chi connectivity index (χ4n) is 2.13. The molecule has 2 N–H and O–H groups in total. The van der Waals surface area contributed by atoms with Gasteiger partial charge in [-0.15, -0.1) is 0 Å². The van der Waals surface area contributed by atoms with Crippen LogP contribution in [0.2, 0.25) is 0 Å². The molecule has 1 unspecified atom stereocenters. The highest BCUT2D eigenvalue weighted by Gasteiger charge is 2.24. The molecule has 0 bridgehead atoms. The van der Waals surface area contributed by atoms with Crippen molar-refractivity contribution in [2.75, 3.05) is 5.32 Å². The Morgan fingerprint density at radius 1 is 1.38 bits per heavy atom. The van der Waals surface area contributed by atoms with Crippen molar-refractivity contribution in [2.24, 2.45) is 13.0 Å². The van der Waals surface area contributed by atoms with E-state index in [1.807, 2.05) is 0 Å². The number of carbonyl (C=O) groups is 2. The number of hydrogen-bond donors (Lipinski definition) is 2. The monoisotopic (exact) mass is 332 g/mol. The molecule has 0 aliphatic carbocycles. The number of nitrogens with zero attached hydrogens (tertiary/aromatic N) is 3. The van der Waals surface area contributed by atoms with Gasteiger partial charge in [0.05, 0.1) is 10.8 Å². The highest BCUT2D eigenvalue weighted by Crippen LogP contribution is 2.19. The van der Waals surface area contributed by atoms with Crippen molar-refractivity contribution >= 4 is 23.3 Å². The Morgan fingerprint density at radius 2 is 2.00 bits per heavy atom. The summed E-state index contributed by atoms with van der Waals surface area (Å²) in [6.07, 6.45) is 1.53. The van der Waals surface area contributed by atoms with Crippen LogP contribution in [0.5, 0.6) is 0 Å². The maximum Gasteiger partial charge on any atom is 0.320 e. The number of rotatable bonds is 6. The van der Waals surface area contributed by atoms with Crippen LogP contribution < -0.4 is 5.32 Å². The standard InChI is InChI=1S/C15H16N4O5/c1-9(15(21)22)7-10-3-5-11(6-4-10)16-14(20)13-12(19(23)24)8-18(2)17-13/h3-6,8-9H,7H2,1-2H3,(H,16,20)(H,21,22). The van der Waals surface area contributed by atoms with Gasteiger partial charge in [-0.1, -0.05) is 19.1 Å². The molecule has 0 saturated carbocycles. The van der Waals surface area contributed by atoms with Crippen LogP contribution in [-0.2, 0) is 18.3 Å². The number of carboxylic acid groups (broad SMARTS) is 1. The van der Waals surface area contributed by atoms with Crippen molar-refractivity contribution in [2.45, 2.75) is 13.3 Å². The van der Waals surface area contributed by atoms with Crippen LogP contribution in [0.4, 0.5) is 11.4 Å². The third-order valence-electron chi connectivity index (χ3n) is 3.40. The average molecular weight is 332 g/mol. The first-order chi connectivity index (χ1) is 11.3. The van der Waals surface area contributed by atoms with Crippen molar-refractivity contribution in [3.63, 3.8) is 0 Å². The van der Waals surface area contributed by atoms with Crippen LogP contribution >= 0.6 is 0 Å². The number of aliphatic carboxylic acids is 1. The van der Waals surface area contributed by atoms with Gasteiger partial charge in [0.2, 0.25) is 5.69 Å². The maximum atomic E-state index is 12.1. The van der Waals surface area contributed by atoms with E-state index in [-0.39, 0.29) is 11.4 Å². The average Bonchev–Trinajstić information content (AvgIpc) is 2.91. The van der Waals surface area contributed by atoms with Gasteiger partial charge in [0.25, 0.3) is 5.91 Å². The Kier molecular flexibility index (Phi) is 4.93. The minimum atomic E-state index is -0.880. The van der Waals surface area contributed by atoms with E-state index in [9.17, 15) is 19.7 Å². The molecular formula is C15H16N4O5. The second kappa shape index (κ2) is 6.90. The molecule has 0 fully saturated rings. The Bertz CT molecular complexity index is 782. The second-order valence-corrected chi connectivity index (χ2v) is 5.39. The lowest BCUT2D eigenvalue weighted by Crippen LogP contribution is -2.15. The Labute approximate surface area is 137 Å². The highest BCUT2D eigenvalue weighted by atomic mass is 16.6. The van der Waals surface area contributed by atoms with Gasteiger partial charge in [-0.3, -0.25) is 24.4 Å². The lowest BCUT2D eigenvalue weighted by Gasteiger charge is -2.08. The van der Waals surface area contributed by atoms with Gasteiger partial charge in [0.1, 0.15) is 6.20 Å². The van der Waals surface area contributed by atoms with Crippen molar-refractivity contribution in [1.82, 2.24) is 9.78 Å². The van der Waals surface area contributed by atoms with Gasteiger partial charge in [-0.2, -0.15) is 5.10 Å². The number of hydrogen-bond acceptors (Lipinski definition) is 5. The molecule has 24 heavy (non-hydrogen) atoms. The van der Waals surface area contributed by atoms with E-state index < -0.39 is 22.7 Å². The highest BCUT2D eigenvalue weighted by molar-refractivity contribution is 6.05. The first-order valence-electron chi connectivity index (χ1n) is 7.09. The fraction of sp³-hybridized carbons (Fsp3) is 0.267.